The summed E-state index contributed by atoms with van der Waals surface area (Å²) in [6.45, 7) is 3.80. The minimum atomic E-state index is -0.220. The average molecular weight is 524 g/mol. The number of rotatable bonds is 2. The molecule has 0 N–H and O–H groups in total. The number of carbonyl (C=O) groups excluding carboxylic acids is 3. The summed E-state index contributed by atoms with van der Waals surface area (Å²) in [5.41, 5.74) is 1.19. The molecule has 154 valence electrons. The Morgan fingerprint density at radius 1 is 0.931 bits per heavy atom. The maximum absolute atomic E-state index is 13.1. The lowest BCUT2D eigenvalue weighted by Crippen LogP contribution is -2.38. The highest BCUT2D eigenvalue weighted by Crippen LogP contribution is 2.60. The summed E-state index contributed by atoms with van der Waals surface area (Å²) in [5, 5.41) is 0. The number of anilines is 1. The number of halogens is 2. The molecule has 0 radical (unpaired) electrons. The van der Waals surface area contributed by atoms with Gasteiger partial charge in [-0.15, -0.1) is 0 Å². The number of hydrogen-bond acceptors (Lipinski definition) is 3. The third-order valence-electron chi connectivity index (χ3n) is 7.43. The molecule has 2 saturated heterocycles. The minimum Gasteiger partial charge on any atom is -0.339 e. The Kier molecular flexibility index (Phi) is 4.89. The van der Waals surface area contributed by atoms with Gasteiger partial charge in [0.15, 0.2) is 0 Å². The maximum atomic E-state index is 13.1. The summed E-state index contributed by atoms with van der Waals surface area (Å²) < 4.78 is 0. The van der Waals surface area contributed by atoms with Crippen LogP contribution < -0.4 is 4.90 Å². The summed E-state index contributed by atoms with van der Waals surface area (Å²) >= 11 is 7.43. The van der Waals surface area contributed by atoms with E-state index in [1.807, 2.05) is 4.90 Å². The Bertz CT molecular complexity index is 833. The highest BCUT2D eigenvalue weighted by molar-refractivity contribution is 9.12. The molecule has 6 atom stereocenters. The van der Waals surface area contributed by atoms with Gasteiger partial charge < -0.3 is 4.90 Å². The van der Waals surface area contributed by atoms with Crippen LogP contribution in [0.5, 0.6) is 0 Å². The number of hydrogen-bond donors (Lipinski definition) is 0. The van der Waals surface area contributed by atoms with E-state index in [2.05, 4.69) is 38.8 Å². The topological polar surface area (TPSA) is 57.7 Å². The lowest BCUT2D eigenvalue weighted by molar-refractivity contribution is -0.123. The fourth-order valence-electron chi connectivity index (χ4n) is 5.75. The molecule has 29 heavy (non-hydrogen) atoms. The lowest BCUT2D eigenvalue weighted by atomic mass is 9.81. The zero-order chi connectivity index (χ0) is 20.4. The van der Waals surface area contributed by atoms with E-state index in [9.17, 15) is 14.4 Å². The highest BCUT2D eigenvalue weighted by Gasteiger charge is 2.66. The van der Waals surface area contributed by atoms with Crippen molar-refractivity contribution in [2.24, 2.45) is 29.6 Å². The molecular formula is C22H24Br2N2O3. The summed E-state index contributed by atoms with van der Waals surface area (Å²) in [6, 6.07) is 6.99. The van der Waals surface area contributed by atoms with Crippen LogP contribution in [0, 0.1) is 29.6 Å². The van der Waals surface area contributed by atoms with Gasteiger partial charge in [-0.2, -0.15) is 0 Å². The average Bonchev–Trinajstić information content (AvgIpc) is 3.33. The van der Waals surface area contributed by atoms with E-state index in [0.29, 0.717) is 17.2 Å². The number of likely N-dealkylation sites (tertiary alicyclic amines) is 1. The van der Waals surface area contributed by atoms with Crippen LogP contribution >= 0.6 is 31.9 Å². The number of imide groups is 1. The van der Waals surface area contributed by atoms with Gasteiger partial charge in [0.25, 0.3) is 5.91 Å². The Morgan fingerprint density at radius 2 is 1.45 bits per heavy atom. The van der Waals surface area contributed by atoms with Crippen LogP contribution in [0.2, 0.25) is 0 Å². The molecule has 2 heterocycles. The molecule has 0 unspecified atom stereocenters. The van der Waals surface area contributed by atoms with Crippen LogP contribution in [0.3, 0.4) is 0 Å². The molecular weight excluding hydrogens is 500 g/mol. The Hall–Kier alpha value is -1.21. The molecule has 2 aliphatic carbocycles. The number of nitrogens with zero attached hydrogens (tertiary/aromatic N) is 2. The van der Waals surface area contributed by atoms with Crippen molar-refractivity contribution >= 4 is 55.3 Å². The predicted molar refractivity (Wildman–Crippen MR) is 117 cm³/mol. The Morgan fingerprint density at radius 3 is 1.97 bits per heavy atom. The van der Waals surface area contributed by atoms with E-state index in [0.717, 1.165) is 32.4 Å². The SMILES string of the molecule is CC1CCN(C(=O)c2ccc(N3C(=O)[C@@H]4[C@H]5C[C@@H]([C@H](Br)[C@H]5Br)[C@@H]4C3=O)cc2)CC1. The van der Waals surface area contributed by atoms with Crippen LogP contribution in [0.1, 0.15) is 36.5 Å². The van der Waals surface area contributed by atoms with E-state index >= 15 is 0 Å². The van der Waals surface area contributed by atoms with Crippen LogP contribution in [0.15, 0.2) is 24.3 Å². The third kappa shape index (κ3) is 2.94. The Balaban J connectivity index is 1.35. The molecule has 3 amide bonds. The van der Waals surface area contributed by atoms with Crippen LogP contribution in [-0.2, 0) is 9.59 Å². The van der Waals surface area contributed by atoms with Crippen molar-refractivity contribution in [2.45, 2.75) is 35.8 Å². The number of benzene rings is 1. The number of carbonyl (C=O) groups is 3. The second-order valence-electron chi connectivity index (χ2n) is 9.04. The molecule has 5 nitrogen and oxygen atoms in total. The van der Waals surface area contributed by atoms with E-state index in [-0.39, 0.29) is 51.0 Å². The van der Waals surface area contributed by atoms with Crippen molar-refractivity contribution in [3.05, 3.63) is 29.8 Å². The molecule has 0 spiro atoms. The fourth-order valence-corrected chi connectivity index (χ4v) is 7.62. The quantitative estimate of drug-likeness (QED) is 0.437. The summed E-state index contributed by atoms with van der Waals surface area (Å²) in [4.78, 5) is 42.7. The molecule has 5 rings (SSSR count). The van der Waals surface area contributed by atoms with Gasteiger partial charge in [-0.25, -0.2) is 0 Å². The largest absolute Gasteiger partial charge is 0.339 e. The van der Waals surface area contributed by atoms with Gasteiger partial charge >= 0.3 is 0 Å². The van der Waals surface area contributed by atoms with Gasteiger partial charge in [-0.05, 0) is 61.3 Å². The van der Waals surface area contributed by atoms with Gasteiger partial charge in [0, 0.05) is 28.3 Å². The minimum absolute atomic E-state index is 0.0294. The highest BCUT2D eigenvalue weighted by atomic mass is 79.9. The van der Waals surface area contributed by atoms with Gasteiger partial charge in [0.1, 0.15) is 0 Å². The first-order chi connectivity index (χ1) is 13.9. The van der Waals surface area contributed by atoms with Crippen LogP contribution in [0.4, 0.5) is 5.69 Å². The second-order valence-corrected chi connectivity index (χ2v) is 11.2. The van der Waals surface area contributed by atoms with Crippen molar-refractivity contribution in [3.63, 3.8) is 0 Å². The van der Waals surface area contributed by atoms with Crippen molar-refractivity contribution in [2.75, 3.05) is 18.0 Å². The van der Waals surface area contributed by atoms with Crippen LogP contribution in [-0.4, -0.2) is 45.4 Å². The van der Waals surface area contributed by atoms with E-state index in [4.69, 9.17) is 0 Å². The zero-order valence-electron chi connectivity index (χ0n) is 16.3. The van der Waals surface area contributed by atoms with Crippen LogP contribution in [0.25, 0.3) is 0 Å². The molecule has 2 bridgehead atoms. The predicted octanol–water partition coefficient (Wildman–Crippen LogP) is 3.84. The van der Waals surface area contributed by atoms with E-state index < -0.39 is 0 Å². The maximum Gasteiger partial charge on any atom is 0.253 e. The van der Waals surface area contributed by atoms with Crippen molar-refractivity contribution in [3.8, 4) is 0 Å². The summed E-state index contributed by atoms with van der Waals surface area (Å²) in [6.07, 6.45) is 3.00. The smallest absolute Gasteiger partial charge is 0.253 e. The summed E-state index contributed by atoms with van der Waals surface area (Å²) in [5.74, 6) is 0.505. The van der Waals surface area contributed by atoms with E-state index in [1.54, 1.807) is 24.3 Å². The first-order valence-corrected chi connectivity index (χ1v) is 12.3. The van der Waals surface area contributed by atoms with Crippen molar-refractivity contribution < 1.29 is 14.4 Å². The molecule has 2 aliphatic heterocycles. The molecule has 0 aromatic heterocycles. The fraction of sp³-hybridized carbons (Fsp3) is 0.591. The first-order valence-electron chi connectivity index (χ1n) is 10.4. The standard InChI is InChI=1S/C22H24Br2N2O3/c1-11-6-8-25(9-7-11)20(27)12-2-4-13(5-3-12)26-21(28)16-14-10-15(17(16)22(26)29)19(24)18(14)23/h2-5,11,14-19H,6-10H2,1H3/t14-,15-,16-,17+,18+,19+/m1/s1. The van der Waals surface area contributed by atoms with Gasteiger partial charge in [0.2, 0.25) is 11.8 Å². The number of alkyl halides is 2. The monoisotopic (exact) mass is 522 g/mol. The third-order valence-corrected chi connectivity index (χ3v) is 10.6. The molecule has 4 aliphatic rings. The zero-order valence-corrected chi connectivity index (χ0v) is 19.4. The number of fused-ring (bicyclic) bond motifs is 5. The van der Waals surface area contributed by atoms with Gasteiger partial charge in [0.05, 0.1) is 17.5 Å². The summed E-state index contributed by atoms with van der Waals surface area (Å²) in [7, 11) is 0. The normalized spacial score (nSPS) is 36.8. The van der Waals surface area contributed by atoms with Gasteiger partial charge in [-0.3, -0.25) is 19.3 Å². The molecule has 7 heteroatoms. The second kappa shape index (κ2) is 7.19. The van der Waals surface area contributed by atoms with Crippen molar-refractivity contribution in [1.82, 2.24) is 4.90 Å². The number of amides is 3. The molecule has 1 aromatic carbocycles. The number of piperidine rings is 1. The van der Waals surface area contributed by atoms with Gasteiger partial charge in [-0.1, -0.05) is 38.8 Å². The molecule has 2 saturated carbocycles. The Labute approximate surface area is 187 Å². The van der Waals surface area contributed by atoms with E-state index in [1.165, 1.54) is 4.90 Å². The van der Waals surface area contributed by atoms with Crippen molar-refractivity contribution in [1.29, 1.82) is 0 Å². The molecule has 1 aromatic rings. The first kappa shape index (κ1) is 19.7. The lowest BCUT2D eigenvalue weighted by Gasteiger charge is -2.30. The molecule has 4 fully saturated rings.